The van der Waals surface area contributed by atoms with Gasteiger partial charge in [0.15, 0.2) is 0 Å². The molecule has 0 bridgehead atoms. The summed E-state index contributed by atoms with van der Waals surface area (Å²) in [5.74, 6) is 0.401. The minimum Gasteiger partial charge on any atom is -0.423 e. The lowest BCUT2D eigenvalue weighted by molar-refractivity contribution is 0.157. The smallest absolute Gasteiger partial charge is 0.319 e. The molecule has 0 aliphatic heterocycles. The van der Waals surface area contributed by atoms with Gasteiger partial charge in [-0.25, -0.2) is 4.79 Å². The summed E-state index contributed by atoms with van der Waals surface area (Å²) in [6, 6.07) is 6.87. The predicted octanol–water partition coefficient (Wildman–Crippen LogP) is 2.41. The van der Waals surface area contributed by atoms with E-state index in [1.54, 1.807) is 18.2 Å². The molecule has 2 aromatic rings. The summed E-state index contributed by atoms with van der Waals surface area (Å²) >= 11 is 0. The number of aliphatic hydroxyl groups is 1. The Morgan fingerprint density at radius 2 is 2.32 bits per heavy atom. The molecule has 0 unspecified atom stereocenters. The molecule has 1 atom stereocenters. The maximum Gasteiger partial charge on any atom is 0.319 e. The molecular formula is C15H20N4O3. The van der Waals surface area contributed by atoms with E-state index in [1.165, 1.54) is 6.39 Å². The molecule has 0 aliphatic carbocycles. The Morgan fingerprint density at radius 1 is 1.45 bits per heavy atom. The largest absolute Gasteiger partial charge is 0.423 e. The van der Waals surface area contributed by atoms with Gasteiger partial charge in [-0.15, -0.1) is 10.2 Å². The van der Waals surface area contributed by atoms with Crippen LogP contribution in [-0.4, -0.2) is 34.0 Å². The topological polar surface area (TPSA) is 100 Å². The van der Waals surface area contributed by atoms with Crippen molar-refractivity contribution in [2.24, 2.45) is 0 Å². The third kappa shape index (κ3) is 4.85. The quantitative estimate of drug-likeness (QED) is 0.682. The second kappa shape index (κ2) is 8.14. The molecular weight excluding hydrogens is 284 g/mol. The molecule has 0 spiro atoms. The fourth-order valence-electron chi connectivity index (χ4n) is 1.95. The van der Waals surface area contributed by atoms with Gasteiger partial charge in [0.1, 0.15) is 0 Å². The van der Waals surface area contributed by atoms with Gasteiger partial charge < -0.3 is 20.2 Å². The lowest BCUT2D eigenvalue weighted by atomic mass is 10.1. The molecule has 22 heavy (non-hydrogen) atoms. The highest BCUT2D eigenvalue weighted by atomic mass is 16.4. The molecule has 1 aromatic heterocycles. The number of urea groups is 1. The molecule has 0 saturated heterocycles. The van der Waals surface area contributed by atoms with Crippen molar-refractivity contribution < 1.29 is 14.3 Å². The summed E-state index contributed by atoms with van der Waals surface area (Å²) in [4.78, 5) is 11.8. The fourth-order valence-corrected chi connectivity index (χ4v) is 1.95. The number of hydrogen-bond acceptors (Lipinski definition) is 5. The van der Waals surface area contributed by atoms with E-state index in [1.807, 2.05) is 13.0 Å². The number of rotatable bonds is 7. The Morgan fingerprint density at radius 3 is 3.05 bits per heavy atom. The van der Waals surface area contributed by atoms with E-state index in [0.717, 1.165) is 18.4 Å². The van der Waals surface area contributed by atoms with Crippen LogP contribution in [0.25, 0.3) is 11.5 Å². The van der Waals surface area contributed by atoms with Crippen molar-refractivity contribution in [1.29, 1.82) is 0 Å². The SMILES string of the molecule is CC[C@H](O)CCCNC(=O)Nc1cccc(-c2nnco2)c1. The van der Waals surface area contributed by atoms with E-state index in [-0.39, 0.29) is 12.1 Å². The highest BCUT2D eigenvalue weighted by Crippen LogP contribution is 2.20. The van der Waals surface area contributed by atoms with Crippen molar-refractivity contribution in [1.82, 2.24) is 15.5 Å². The number of anilines is 1. The Hall–Kier alpha value is -2.41. The van der Waals surface area contributed by atoms with Crippen molar-refractivity contribution in [2.45, 2.75) is 32.3 Å². The van der Waals surface area contributed by atoms with Crippen LogP contribution in [0.1, 0.15) is 26.2 Å². The van der Waals surface area contributed by atoms with Gasteiger partial charge in [-0.05, 0) is 37.5 Å². The average molecular weight is 304 g/mol. The summed E-state index contributed by atoms with van der Waals surface area (Å²) in [5, 5.41) is 22.4. The molecule has 2 amide bonds. The molecule has 0 aliphatic rings. The Bertz CT molecular complexity index is 586. The maximum atomic E-state index is 11.8. The third-order valence-corrected chi connectivity index (χ3v) is 3.20. The van der Waals surface area contributed by atoms with E-state index in [9.17, 15) is 9.90 Å². The third-order valence-electron chi connectivity index (χ3n) is 3.20. The van der Waals surface area contributed by atoms with Crippen LogP contribution in [0.15, 0.2) is 35.1 Å². The van der Waals surface area contributed by atoms with Gasteiger partial charge in [0.05, 0.1) is 6.10 Å². The molecule has 0 saturated carbocycles. The Labute approximate surface area is 128 Å². The molecule has 0 radical (unpaired) electrons. The van der Waals surface area contributed by atoms with E-state index in [2.05, 4.69) is 20.8 Å². The lowest BCUT2D eigenvalue weighted by Crippen LogP contribution is -2.30. The molecule has 1 aromatic carbocycles. The highest BCUT2D eigenvalue weighted by molar-refractivity contribution is 5.89. The minimum atomic E-state index is -0.295. The average Bonchev–Trinajstić information content (AvgIpc) is 3.06. The van der Waals surface area contributed by atoms with Gasteiger partial charge in [0.2, 0.25) is 12.3 Å². The van der Waals surface area contributed by atoms with Crippen LogP contribution in [0.2, 0.25) is 0 Å². The summed E-state index contributed by atoms with van der Waals surface area (Å²) < 4.78 is 5.12. The number of carbonyl (C=O) groups is 1. The van der Waals surface area contributed by atoms with Crippen molar-refractivity contribution in [3.63, 3.8) is 0 Å². The zero-order valence-corrected chi connectivity index (χ0v) is 12.5. The van der Waals surface area contributed by atoms with Gasteiger partial charge in [-0.2, -0.15) is 0 Å². The van der Waals surface area contributed by atoms with E-state index in [4.69, 9.17) is 4.42 Å². The van der Waals surface area contributed by atoms with E-state index >= 15 is 0 Å². The van der Waals surface area contributed by atoms with E-state index in [0.29, 0.717) is 24.5 Å². The Balaban J connectivity index is 1.81. The Kier molecular flexibility index (Phi) is 5.91. The number of hydrogen-bond donors (Lipinski definition) is 3. The van der Waals surface area contributed by atoms with Gasteiger partial charge in [0, 0.05) is 17.8 Å². The number of aromatic nitrogens is 2. The van der Waals surface area contributed by atoms with Crippen LogP contribution in [0, 0.1) is 0 Å². The van der Waals surface area contributed by atoms with Crippen LogP contribution in [0.4, 0.5) is 10.5 Å². The normalized spacial score (nSPS) is 11.9. The zero-order valence-electron chi connectivity index (χ0n) is 12.5. The number of carbonyl (C=O) groups excluding carboxylic acids is 1. The molecule has 7 heteroatoms. The summed E-state index contributed by atoms with van der Waals surface area (Å²) in [5.41, 5.74) is 1.38. The second-order valence-electron chi connectivity index (χ2n) is 4.91. The maximum absolute atomic E-state index is 11.8. The number of amides is 2. The molecule has 7 nitrogen and oxygen atoms in total. The number of benzene rings is 1. The van der Waals surface area contributed by atoms with Crippen LogP contribution in [0.3, 0.4) is 0 Å². The first-order chi connectivity index (χ1) is 10.7. The van der Waals surface area contributed by atoms with Gasteiger partial charge in [-0.3, -0.25) is 0 Å². The zero-order chi connectivity index (χ0) is 15.8. The van der Waals surface area contributed by atoms with Crippen LogP contribution in [0.5, 0.6) is 0 Å². The van der Waals surface area contributed by atoms with E-state index < -0.39 is 0 Å². The van der Waals surface area contributed by atoms with Crippen LogP contribution < -0.4 is 10.6 Å². The first kappa shape index (κ1) is 16.0. The summed E-state index contributed by atoms with van der Waals surface area (Å²) in [6.45, 7) is 2.45. The standard InChI is InChI=1S/C15H20N4O3/c1-2-13(20)7-4-8-16-15(21)18-12-6-3-5-11(9-12)14-19-17-10-22-14/h3,5-6,9-10,13,20H,2,4,7-8H2,1H3,(H2,16,18,21)/t13-/m0/s1. The summed E-state index contributed by atoms with van der Waals surface area (Å²) in [7, 11) is 0. The highest BCUT2D eigenvalue weighted by Gasteiger charge is 2.06. The van der Waals surface area contributed by atoms with Crippen molar-refractivity contribution in [2.75, 3.05) is 11.9 Å². The van der Waals surface area contributed by atoms with Crippen LogP contribution in [-0.2, 0) is 0 Å². The predicted molar refractivity (Wildman–Crippen MR) is 82.3 cm³/mol. The van der Waals surface area contributed by atoms with Crippen molar-refractivity contribution in [3.8, 4) is 11.5 Å². The molecule has 118 valence electrons. The number of aliphatic hydroxyl groups excluding tert-OH is 1. The first-order valence-corrected chi connectivity index (χ1v) is 7.28. The van der Waals surface area contributed by atoms with Gasteiger partial charge in [0.25, 0.3) is 0 Å². The van der Waals surface area contributed by atoms with Crippen molar-refractivity contribution in [3.05, 3.63) is 30.7 Å². The van der Waals surface area contributed by atoms with Crippen LogP contribution >= 0.6 is 0 Å². The number of nitrogens with zero attached hydrogens (tertiary/aromatic N) is 2. The number of nitrogens with one attached hydrogen (secondary N) is 2. The van der Waals surface area contributed by atoms with Crippen molar-refractivity contribution >= 4 is 11.7 Å². The molecule has 3 N–H and O–H groups in total. The fraction of sp³-hybridized carbons (Fsp3) is 0.400. The lowest BCUT2D eigenvalue weighted by Gasteiger charge is -2.10. The first-order valence-electron chi connectivity index (χ1n) is 7.28. The summed E-state index contributed by atoms with van der Waals surface area (Å²) in [6.07, 6.45) is 3.12. The monoisotopic (exact) mass is 304 g/mol. The molecule has 2 rings (SSSR count). The molecule has 1 heterocycles. The second-order valence-corrected chi connectivity index (χ2v) is 4.91. The van der Waals surface area contributed by atoms with Gasteiger partial charge in [-0.1, -0.05) is 13.0 Å². The van der Waals surface area contributed by atoms with Gasteiger partial charge >= 0.3 is 6.03 Å². The minimum absolute atomic E-state index is 0.284. The molecule has 0 fully saturated rings.